The van der Waals surface area contributed by atoms with Crippen molar-refractivity contribution in [2.24, 2.45) is 0 Å². The smallest absolute Gasteiger partial charge is 0.0335 e. The van der Waals surface area contributed by atoms with Crippen molar-refractivity contribution >= 4 is 39.1 Å². The molecule has 0 aliphatic heterocycles. The van der Waals surface area contributed by atoms with E-state index in [0.29, 0.717) is 11.8 Å². The number of benzene rings is 2. The number of hydrogen-bond donors (Lipinski definition) is 0. The van der Waals surface area contributed by atoms with Gasteiger partial charge in [0.15, 0.2) is 0 Å². The highest BCUT2D eigenvalue weighted by atomic mass is 79.9. The van der Waals surface area contributed by atoms with Crippen LogP contribution in [0.4, 0.5) is 0 Å². The Morgan fingerprint density at radius 1 is 1.00 bits per heavy atom. The summed E-state index contributed by atoms with van der Waals surface area (Å²) < 4.78 is 1.05. The zero-order valence-corrected chi connectivity index (χ0v) is 14.5. The van der Waals surface area contributed by atoms with Gasteiger partial charge >= 0.3 is 0 Å². The third kappa shape index (κ3) is 3.58. The van der Waals surface area contributed by atoms with Gasteiger partial charge in [0, 0.05) is 21.6 Å². The fourth-order valence-electron chi connectivity index (χ4n) is 2.30. The Morgan fingerprint density at radius 3 is 2.20 bits per heavy atom. The second-order valence-corrected chi connectivity index (χ2v) is 6.67. The highest BCUT2D eigenvalue weighted by molar-refractivity contribution is 9.10. The van der Waals surface area contributed by atoms with Crippen LogP contribution in [0.25, 0.3) is 0 Å². The van der Waals surface area contributed by atoms with E-state index in [1.165, 1.54) is 16.7 Å². The van der Waals surface area contributed by atoms with E-state index in [0.717, 1.165) is 10.9 Å². The molecule has 0 heterocycles. The lowest BCUT2D eigenvalue weighted by molar-refractivity contribution is 0.536. The maximum absolute atomic E-state index is 6.29. The summed E-state index contributed by atoms with van der Waals surface area (Å²) in [7, 11) is 0. The first kappa shape index (κ1) is 15.9. The average Bonchev–Trinajstić information content (AvgIpc) is 2.47. The number of aryl methyl sites for hydroxylation is 1. The molecule has 2 aromatic rings. The topological polar surface area (TPSA) is 0 Å². The molecule has 0 atom stereocenters. The van der Waals surface area contributed by atoms with Crippen molar-refractivity contribution in [3.8, 4) is 0 Å². The maximum Gasteiger partial charge on any atom is 0.0335 e. The summed E-state index contributed by atoms with van der Waals surface area (Å²) in [6.07, 6.45) is 0.844. The van der Waals surface area contributed by atoms with Crippen molar-refractivity contribution < 1.29 is 0 Å². The lowest BCUT2D eigenvalue weighted by Crippen LogP contribution is -2.33. The van der Waals surface area contributed by atoms with Gasteiger partial charge in [-0.2, -0.15) is 0 Å². The van der Waals surface area contributed by atoms with Crippen molar-refractivity contribution in [2.45, 2.75) is 18.8 Å². The van der Waals surface area contributed by atoms with Crippen molar-refractivity contribution in [1.29, 1.82) is 0 Å². The molecule has 2 rings (SSSR count). The summed E-state index contributed by atoms with van der Waals surface area (Å²) in [5, 5.41) is 0. The van der Waals surface area contributed by atoms with Gasteiger partial charge in [-0.05, 0) is 36.6 Å². The summed E-state index contributed by atoms with van der Waals surface area (Å²) in [4.78, 5) is 0. The van der Waals surface area contributed by atoms with E-state index in [1.807, 2.05) is 12.1 Å². The Balaban J connectivity index is 2.36. The van der Waals surface area contributed by atoms with Gasteiger partial charge in [0.25, 0.3) is 0 Å². The quantitative estimate of drug-likeness (QED) is 0.590. The van der Waals surface area contributed by atoms with Crippen molar-refractivity contribution in [3.63, 3.8) is 0 Å². The molecule has 106 valence electrons. The molecule has 0 aliphatic rings. The highest BCUT2D eigenvalue weighted by Crippen LogP contribution is 2.33. The molecule has 0 unspecified atom stereocenters. The van der Waals surface area contributed by atoms with Crippen LogP contribution >= 0.6 is 39.1 Å². The monoisotopic (exact) mass is 370 g/mol. The first-order chi connectivity index (χ1) is 9.59. The van der Waals surface area contributed by atoms with Gasteiger partial charge in [-0.1, -0.05) is 57.9 Å². The third-order valence-electron chi connectivity index (χ3n) is 3.61. The van der Waals surface area contributed by atoms with E-state index in [-0.39, 0.29) is 5.41 Å². The van der Waals surface area contributed by atoms with Crippen molar-refractivity contribution in [3.05, 3.63) is 69.7 Å². The average molecular weight is 372 g/mol. The van der Waals surface area contributed by atoms with Crippen LogP contribution in [0.5, 0.6) is 0 Å². The van der Waals surface area contributed by atoms with Gasteiger partial charge in [-0.3, -0.25) is 0 Å². The Kier molecular flexibility index (Phi) is 5.54. The molecule has 0 saturated carbocycles. The molecule has 20 heavy (non-hydrogen) atoms. The van der Waals surface area contributed by atoms with Crippen LogP contribution < -0.4 is 0 Å². The molecule has 0 amide bonds. The second kappa shape index (κ2) is 6.98. The Hall–Kier alpha value is -0.500. The first-order valence-electron chi connectivity index (χ1n) is 6.53. The molecule has 3 heteroatoms. The minimum atomic E-state index is -0.234. The molecule has 0 aromatic heterocycles. The largest absolute Gasteiger partial charge is 0.126 e. The fraction of sp³-hybridized carbons (Fsp3) is 0.294. The van der Waals surface area contributed by atoms with Crippen LogP contribution in [-0.2, 0) is 11.8 Å². The van der Waals surface area contributed by atoms with Crippen LogP contribution in [0.1, 0.15) is 16.7 Å². The lowest BCUT2D eigenvalue weighted by atomic mass is 9.78. The SMILES string of the molecule is Cc1ccc(CC(CCl)(CCl)c2cccc(Br)c2)cc1. The van der Waals surface area contributed by atoms with Crippen LogP contribution in [0, 0.1) is 6.92 Å². The second-order valence-electron chi connectivity index (χ2n) is 5.22. The summed E-state index contributed by atoms with van der Waals surface area (Å²) in [6, 6.07) is 16.8. The summed E-state index contributed by atoms with van der Waals surface area (Å²) >= 11 is 16.1. The first-order valence-corrected chi connectivity index (χ1v) is 8.39. The van der Waals surface area contributed by atoms with E-state index in [2.05, 4.69) is 59.3 Å². The Morgan fingerprint density at radius 2 is 1.65 bits per heavy atom. The Bertz CT molecular complexity index is 559. The van der Waals surface area contributed by atoms with Gasteiger partial charge in [0.2, 0.25) is 0 Å². The lowest BCUT2D eigenvalue weighted by Gasteiger charge is -2.30. The van der Waals surface area contributed by atoms with Crippen LogP contribution in [0.3, 0.4) is 0 Å². The molecule has 0 spiro atoms. The fourth-order valence-corrected chi connectivity index (χ4v) is 3.48. The molecule has 0 nitrogen and oxygen atoms in total. The number of halogens is 3. The number of alkyl halides is 2. The van der Waals surface area contributed by atoms with E-state index in [4.69, 9.17) is 23.2 Å². The molecule has 0 radical (unpaired) electrons. The van der Waals surface area contributed by atoms with Crippen molar-refractivity contribution in [1.82, 2.24) is 0 Å². The summed E-state index contributed by atoms with van der Waals surface area (Å²) in [5.74, 6) is 1.00. The summed E-state index contributed by atoms with van der Waals surface area (Å²) in [5.41, 5.74) is 3.47. The van der Waals surface area contributed by atoms with Gasteiger partial charge in [-0.15, -0.1) is 23.2 Å². The van der Waals surface area contributed by atoms with Crippen LogP contribution in [0.2, 0.25) is 0 Å². The molecule has 0 aliphatic carbocycles. The zero-order valence-electron chi connectivity index (χ0n) is 11.4. The molecule has 0 N–H and O–H groups in total. The van der Waals surface area contributed by atoms with Gasteiger partial charge in [-0.25, -0.2) is 0 Å². The summed E-state index contributed by atoms with van der Waals surface area (Å²) in [6.45, 7) is 2.09. The minimum absolute atomic E-state index is 0.234. The van der Waals surface area contributed by atoms with E-state index >= 15 is 0 Å². The van der Waals surface area contributed by atoms with Crippen molar-refractivity contribution in [2.75, 3.05) is 11.8 Å². The van der Waals surface area contributed by atoms with Crippen LogP contribution in [-0.4, -0.2) is 11.8 Å². The van der Waals surface area contributed by atoms with E-state index in [1.54, 1.807) is 0 Å². The molecular formula is C17H17BrCl2. The number of rotatable bonds is 5. The predicted molar refractivity (Wildman–Crippen MR) is 92.1 cm³/mol. The van der Waals surface area contributed by atoms with E-state index in [9.17, 15) is 0 Å². The molecule has 0 bridgehead atoms. The predicted octanol–water partition coefficient (Wildman–Crippen LogP) is 5.72. The molecule has 0 saturated heterocycles. The molecular weight excluding hydrogens is 355 g/mol. The minimum Gasteiger partial charge on any atom is -0.126 e. The third-order valence-corrected chi connectivity index (χ3v) is 5.13. The van der Waals surface area contributed by atoms with Gasteiger partial charge < -0.3 is 0 Å². The van der Waals surface area contributed by atoms with E-state index < -0.39 is 0 Å². The zero-order chi connectivity index (χ0) is 14.6. The standard InChI is InChI=1S/C17H17BrCl2/c1-13-5-7-14(8-6-13)10-17(11-19,12-20)15-3-2-4-16(18)9-15/h2-9H,10-12H2,1H3. The maximum atomic E-state index is 6.29. The molecule has 2 aromatic carbocycles. The normalized spacial score (nSPS) is 11.6. The highest BCUT2D eigenvalue weighted by Gasteiger charge is 2.31. The molecule has 0 fully saturated rings. The van der Waals surface area contributed by atoms with Gasteiger partial charge in [0.05, 0.1) is 0 Å². The van der Waals surface area contributed by atoms with Gasteiger partial charge in [0.1, 0.15) is 0 Å². The van der Waals surface area contributed by atoms with Crippen LogP contribution in [0.15, 0.2) is 53.0 Å². The Labute approximate surface area is 139 Å². The number of hydrogen-bond acceptors (Lipinski definition) is 0.